The number of fused-ring (bicyclic) bond motifs is 2. The molecule has 1 aliphatic heterocycles. The molecule has 0 bridgehead atoms. The van der Waals surface area contributed by atoms with E-state index in [1.54, 1.807) is 30.5 Å². The van der Waals surface area contributed by atoms with Crippen molar-refractivity contribution in [3.63, 3.8) is 0 Å². The highest BCUT2D eigenvalue weighted by molar-refractivity contribution is 7.90. The second-order valence-electron chi connectivity index (χ2n) is 10.2. The molecule has 1 aliphatic rings. The molecule has 0 aliphatic carbocycles. The molecule has 4 aromatic carbocycles. The maximum atomic E-state index is 12.8. The van der Waals surface area contributed by atoms with E-state index in [1.165, 1.54) is 27.5 Å². The van der Waals surface area contributed by atoms with E-state index in [0.717, 1.165) is 57.4 Å². The standard InChI is InChI=1S/C33H36N2O3S/c36-39(37,33-12-2-1-3-13-33)26-28-15-17-30-18-21-35(25-32(30)24-28)20-7-6-19-34-38-22-8-9-27-14-16-29-10-4-5-11-31(29)23-27/h1-5,8,10-17,22-24,34H,6-7,9,18-21,25-26H2/b22-8+. The minimum Gasteiger partial charge on any atom is -0.417 e. The van der Waals surface area contributed by atoms with Gasteiger partial charge in [0.15, 0.2) is 9.84 Å². The van der Waals surface area contributed by atoms with Crippen LogP contribution < -0.4 is 5.48 Å². The molecular weight excluding hydrogens is 504 g/mol. The Hall–Kier alpha value is -3.45. The Morgan fingerprint density at radius 1 is 0.821 bits per heavy atom. The Balaban J connectivity index is 1.00. The van der Waals surface area contributed by atoms with E-state index in [9.17, 15) is 8.42 Å². The van der Waals surface area contributed by atoms with Gasteiger partial charge in [-0.1, -0.05) is 78.9 Å². The number of rotatable bonds is 12. The summed E-state index contributed by atoms with van der Waals surface area (Å²) in [6, 6.07) is 29.8. The molecule has 0 aromatic heterocycles. The third-order valence-corrected chi connectivity index (χ3v) is 8.94. The molecule has 0 saturated carbocycles. The molecule has 5 nitrogen and oxygen atoms in total. The zero-order chi connectivity index (χ0) is 26.9. The van der Waals surface area contributed by atoms with Crippen LogP contribution in [0.4, 0.5) is 0 Å². The predicted molar refractivity (Wildman–Crippen MR) is 158 cm³/mol. The van der Waals surface area contributed by atoms with Crippen molar-refractivity contribution in [2.45, 2.75) is 42.9 Å². The van der Waals surface area contributed by atoms with Crippen LogP contribution in [0.2, 0.25) is 0 Å². The van der Waals surface area contributed by atoms with Crippen LogP contribution in [0.25, 0.3) is 10.8 Å². The van der Waals surface area contributed by atoms with Gasteiger partial charge in [-0.2, -0.15) is 5.48 Å². The van der Waals surface area contributed by atoms with E-state index in [1.807, 2.05) is 18.2 Å². The normalized spacial score (nSPS) is 14.1. The number of sulfone groups is 1. The van der Waals surface area contributed by atoms with Gasteiger partial charge >= 0.3 is 0 Å². The lowest BCUT2D eigenvalue weighted by atomic mass is 9.97. The Kier molecular flexibility index (Phi) is 9.09. The van der Waals surface area contributed by atoms with Crippen molar-refractivity contribution in [3.8, 4) is 0 Å². The maximum absolute atomic E-state index is 12.8. The molecule has 0 saturated heterocycles. The fourth-order valence-electron chi connectivity index (χ4n) is 5.12. The van der Waals surface area contributed by atoms with Gasteiger partial charge in [0.1, 0.15) is 6.26 Å². The number of nitrogens with one attached hydrogen (secondary N) is 1. The Bertz CT molecular complexity index is 1520. The first-order valence-electron chi connectivity index (χ1n) is 13.7. The van der Waals surface area contributed by atoms with Crippen LogP contribution in [0.5, 0.6) is 0 Å². The molecule has 202 valence electrons. The zero-order valence-corrected chi connectivity index (χ0v) is 23.1. The van der Waals surface area contributed by atoms with Crippen LogP contribution in [0, 0.1) is 0 Å². The third-order valence-electron chi connectivity index (χ3n) is 7.24. The summed E-state index contributed by atoms with van der Waals surface area (Å²) in [4.78, 5) is 8.31. The van der Waals surface area contributed by atoms with Crippen LogP contribution in [0.15, 0.2) is 108 Å². The smallest absolute Gasteiger partial charge is 0.182 e. The highest BCUT2D eigenvalue weighted by Gasteiger charge is 2.19. The van der Waals surface area contributed by atoms with Gasteiger partial charge in [-0.05, 0) is 83.5 Å². The second-order valence-corrected chi connectivity index (χ2v) is 12.2. The van der Waals surface area contributed by atoms with Crippen LogP contribution in [0.3, 0.4) is 0 Å². The van der Waals surface area contributed by atoms with Crippen LogP contribution in [-0.4, -0.2) is 33.0 Å². The molecule has 1 N–H and O–H groups in total. The Labute approximate surface area is 232 Å². The number of hydrogen-bond donors (Lipinski definition) is 1. The van der Waals surface area contributed by atoms with E-state index in [0.29, 0.717) is 4.90 Å². The molecule has 0 spiro atoms. The van der Waals surface area contributed by atoms with Crippen LogP contribution in [0.1, 0.15) is 35.1 Å². The molecule has 0 radical (unpaired) electrons. The minimum absolute atomic E-state index is 0.0344. The third kappa shape index (κ3) is 7.57. The largest absolute Gasteiger partial charge is 0.417 e. The topological polar surface area (TPSA) is 58.6 Å². The van der Waals surface area contributed by atoms with Crippen LogP contribution >= 0.6 is 0 Å². The van der Waals surface area contributed by atoms with Crippen molar-refractivity contribution in [1.29, 1.82) is 0 Å². The fourth-order valence-corrected chi connectivity index (χ4v) is 6.47. The second kappa shape index (κ2) is 13.1. The average Bonchev–Trinajstić information content (AvgIpc) is 2.96. The lowest BCUT2D eigenvalue weighted by Gasteiger charge is -2.29. The lowest BCUT2D eigenvalue weighted by molar-refractivity contribution is 0.131. The number of hydrogen-bond acceptors (Lipinski definition) is 5. The number of hydroxylamine groups is 1. The summed E-state index contributed by atoms with van der Waals surface area (Å²) in [7, 11) is -3.34. The fraction of sp³-hybridized carbons (Fsp3) is 0.273. The molecule has 0 fully saturated rings. The summed E-state index contributed by atoms with van der Waals surface area (Å²) in [5.74, 6) is 0.0344. The van der Waals surface area contributed by atoms with Gasteiger partial charge in [-0.3, -0.25) is 4.90 Å². The predicted octanol–water partition coefficient (Wildman–Crippen LogP) is 6.23. The molecule has 5 rings (SSSR count). The number of unbranched alkanes of at least 4 members (excludes halogenated alkanes) is 1. The summed E-state index contributed by atoms with van der Waals surface area (Å²) in [6.45, 7) is 3.73. The minimum atomic E-state index is -3.34. The summed E-state index contributed by atoms with van der Waals surface area (Å²) < 4.78 is 25.6. The SMILES string of the molecule is O=S(=O)(Cc1ccc2c(c1)CN(CCCCNO/C=C/Cc1ccc3ccccc3c1)CC2)c1ccccc1. The van der Waals surface area contributed by atoms with Crippen LogP contribution in [-0.2, 0) is 39.8 Å². The summed E-state index contributed by atoms with van der Waals surface area (Å²) in [6.07, 6.45) is 7.70. The maximum Gasteiger partial charge on any atom is 0.182 e. The number of benzene rings is 4. The zero-order valence-electron chi connectivity index (χ0n) is 22.3. The summed E-state index contributed by atoms with van der Waals surface area (Å²) in [5.41, 5.74) is 7.74. The molecule has 0 unspecified atom stereocenters. The molecule has 6 heteroatoms. The monoisotopic (exact) mass is 540 g/mol. The number of nitrogens with zero attached hydrogens (tertiary/aromatic N) is 1. The Morgan fingerprint density at radius 3 is 2.49 bits per heavy atom. The molecular formula is C33H36N2O3S. The van der Waals surface area contributed by atoms with Crippen molar-refractivity contribution in [1.82, 2.24) is 10.4 Å². The van der Waals surface area contributed by atoms with E-state index >= 15 is 0 Å². The average molecular weight is 541 g/mol. The van der Waals surface area contributed by atoms with Gasteiger partial charge in [-0.15, -0.1) is 0 Å². The highest BCUT2D eigenvalue weighted by Crippen LogP contribution is 2.23. The molecule has 0 amide bonds. The van der Waals surface area contributed by atoms with E-state index < -0.39 is 9.84 Å². The lowest BCUT2D eigenvalue weighted by Crippen LogP contribution is -2.31. The van der Waals surface area contributed by atoms with Gasteiger partial charge in [-0.25, -0.2) is 8.42 Å². The molecule has 0 atom stereocenters. The number of allylic oxidation sites excluding steroid dienone is 1. The summed E-state index contributed by atoms with van der Waals surface area (Å²) in [5, 5.41) is 2.52. The van der Waals surface area contributed by atoms with Crippen molar-refractivity contribution >= 4 is 20.6 Å². The van der Waals surface area contributed by atoms with Gasteiger partial charge in [0.2, 0.25) is 0 Å². The van der Waals surface area contributed by atoms with Crippen molar-refractivity contribution in [2.75, 3.05) is 19.6 Å². The van der Waals surface area contributed by atoms with E-state index in [4.69, 9.17) is 4.84 Å². The first-order chi connectivity index (χ1) is 19.1. The Morgan fingerprint density at radius 2 is 1.62 bits per heavy atom. The first-order valence-corrected chi connectivity index (χ1v) is 15.3. The van der Waals surface area contributed by atoms with Gasteiger partial charge in [0, 0.05) is 19.6 Å². The highest BCUT2D eigenvalue weighted by atomic mass is 32.2. The van der Waals surface area contributed by atoms with Gasteiger partial charge in [0.25, 0.3) is 0 Å². The first kappa shape index (κ1) is 27.1. The quantitative estimate of drug-likeness (QED) is 0.131. The van der Waals surface area contributed by atoms with Crippen molar-refractivity contribution in [2.24, 2.45) is 0 Å². The molecule has 4 aromatic rings. The van der Waals surface area contributed by atoms with Crippen molar-refractivity contribution in [3.05, 3.63) is 126 Å². The van der Waals surface area contributed by atoms with Crippen molar-refractivity contribution < 1.29 is 13.3 Å². The summed E-state index contributed by atoms with van der Waals surface area (Å²) >= 11 is 0. The van der Waals surface area contributed by atoms with E-state index in [2.05, 4.69) is 65.0 Å². The van der Waals surface area contributed by atoms with Gasteiger partial charge < -0.3 is 4.84 Å². The molecule has 39 heavy (non-hydrogen) atoms. The van der Waals surface area contributed by atoms with E-state index in [-0.39, 0.29) is 5.75 Å². The van der Waals surface area contributed by atoms with Gasteiger partial charge in [0.05, 0.1) is 10.6 Å². The molecule has 1 heterocycles.